The summed E-state index contributed by atoms with van der Waals surface area (Å²) in [5.74, 6) is -0.441. The van der Waals surface area contributed by atoms with Crippen LogP contribution >= 0.6 is 0 Å². The van der Waals surface area contributed by atoms with E-state index in [1.165, 1.54) is 12.1 Å². The largest absolute Gasteiger partial charge is 0.364 e. The molecule has 3 rings (SSSR count). The summed E-state index contributed by atoms with van der Waals surface area (Å²) in [5.41, 5.74) is 6.96. The molecular weight excluding hydrogens is 360 g/mol. The lowest BCUT2D eigenvalue weighted by molar-refractivity contribution is 0.0997. The number of imidazole rings is 1. The number of urea groups is 1. The van der Waals surface area contributed by atoms with E-state index in [0.29, 0.717) is 23.5 Å². The van der Waals surface area contributed by atoms with Crippen molar-refractivity contribution in [2.24, 2.45) is 5.73 Å². The molecule has 0 bridgehead atoms. The van der Waals surface area contributed by atoms with Gasteiger partial charge in [0, 0.05) is 12.1 Å². The molecule has 3 amide bonds. The average Bonchev–Trinajstić information content (AvgIpc) is 3.06. The van der Waals surface area contributed by atoms with E-state index in [2.05, 4.69) is 20.6 Å². The Balaban J connectivity index is 1.73. The maximum absolute atomic E-state index is 12.2. The second-order valence-corrected chi connectivity index (χ2v) is 5.86. The van der Waals surface area contributed by atoms with Gasteiger partial charge in [0.05, 0.1) is 11.6 Å². The van der Waals surface area contributed by atoms with Crippen LogP contribution in [0.25, 0.3) is 0 Å². The van der Waals surface area contributed by atoms with Crippen molar-refractivity contribution in [1.29, 1.82) is 5.26 Å². The van der Waals surface area contributed by atoms with Gasteiger partial charge in [0.2, 0.25) is 0 Å². The Labute approximate surface area is 159 Å². The number of nitrogens with two attached hydrogens (primary N) is 1. The number of rotatable bonds is 5. The molecule has 0 aliphatic heterocycles. The van der Waals surface area contributed by atoms with Crippen molar-refractivity contribution < 1.29 is 14.7 Å². The number of nitrogens with one attached hydrogen (secondary N) is 3. The number of H-pyrrole nitrogens is 1. The molecule has 2 aromatic carbocycles. The van der Waals surface area contributed by atoms with Gasteiger partial charge in [-0.3, -0.25) is 15.2 Å². The fourth-order valence-electron chi connectivity index (χ4n) is 2.48. The third kappa shape index (κ3) is 4.44. The van der Waals surface area contributed by atoms with Gasteiger partial charge in [-0.25, -0.2) is 9.78 Å². The molecule has 0 aliphatic rings. The summed E-state index contributed by atoms with van der Waals surface area (Å²) in [7, 11) is 0. The number of carbonyl (C=O) groups is 2. The zero-order valence-electron chi connectivity index (χ0n) is 14.5. The lowest BCUT2D eigenvalue weighted by Gasteiger charge is -2.07. The van der Waals surface area contributed by atoms with Crippen molar-refractivity contribution >= 4 is 23.4 Å². The van der Waals surface area contributed by atoms with E-state index < -0.39 is 11.9 Å². The minimum absolute atomic E-state index is 0.0640. The van der Waals surface area contributed by atoms with Crippen LogP contribution in [0.2, 0.25) is 0 Å². The molecular formula is C19H15N6O3. The second-order valence-electron chi connectivity index (χ2n) is 5.86. The first-order chi connectivity index (χ1) is 13.4. The van der Waals surface area contributed by atoms with Gasteiger partial charge < -0.3 is 16.0 Å². The summed E-state index contributed by atoms with van der Waals surface area (Å²) >= 11 is 0. The second kappa shape index (κ2) is 7.92. The van der Waals surface area contributed by atoms with E-state index in [4.69, 9.17) is 11.0 Å². The summed E-state index contributed by atoms with van der Waals surface area (Å²) in [4.78, 5) is 30.8. The smallest absolute Gasteiger partial charge is 0.324 e. The van der Waals surface area contributed by atoms with Crippen LogP contribution in [0.4, 0.5) is 16.3 Å². The van der Waals surface area contributed by atoms with Crippen molar-refractivity contribution in [2.45, 2.75) is 6.42 Å². The maximum atomic E-state index is 12.2. The Bertz CT molecular complexity index is 1050. The number of nitriles is 1. The van der Waals surface area contributed by atoms with Crippen LogP contribution in [0.3, 0.4) is 0 Å². The third-order valence-corrected chi connectivity index (χ3v) is 3.79. The van der Waals surface area contributed by atoms with Crippen LogP contribution in [0.1, 0.15) is 27.4 Å². The minimum Gasteiger partial charge on any atom is -0.364 e. The van der Waals surface area contributed by atoms with E-state index in [1.54, 1.807) is 36.4 Å². The predicted octanol–water partition coefficient (Wildman–Crippen LogP) is 2.76. The van der Waals surface area contributed by atoms with Crippen LogP contribution < -0.4 is 16.4 Å². The Morgan fingerprint density at radius 3 is 2.36 bits per heavy atom. The molecule has 1 aromatic heterocycles. The normalized spacial score (nSPS) is 10.1. The van der Waals surface area contributed by atoms with Crippen molar-refractivity contribution in [3.05, 3.63) is 71.2 Å². The van der Waals surface area contributed by atoms with E-state index in [1.807, 2.05) is 6.07 Å². The van der Waals surface area contributed by atoms with Gasteiger partial charge in [-0.15, -0.1) is 0 Å². The number of aromatic nitrogens is 2. The Morgan fingerprint density at radius 2 is 1.75 bits per heavy atom. The number of carbonyl (C=O) groups excluding carboxylic acids is 2. The highest BCUT2D eigenvalue weighted by Crippen LogP contribution is 2.17. The minimum atomic E-state index is -0.800. The standard InChI is InChI=1S/C19H15N6O3/c20-10-12-1-5-13(6-2-12)22-19(28)25-18-16(17(21)27)23-15(24-18)9-11-3-7-14(26)8-4-11/h1-8H,9H2,(H2,21,27)(H,23,24)(H2,22,25,28). The summed E-state index contributed by atoms with van der Waals surface area (Å²) in [6.45, 7) is 0. The zero-order valence-corrected chi connectivity index (χ0v) is 14.5. The summed E-state index contributed by atoms with van der Waals surface area (Å²) < 4.78 is 0. The molecule has 0 fully saturated rings. The first kappa shape index (κ1) is 18.5. The molecule has 28 heavy (non-hydrogen) atoms. The average molecular weight is 375 g/mol. The Morgan fingerprint density at radius 1 is 1.07 bits per heavy atom. The molecule has 0 unspecified atom stereocenters. The van der Waals surface area contributed by atoms with Gasteiger partial charge in [0.25, 0.3) is 5.91 Å². The maximum Gasteiger partial charge on any atom is 0.324 e. The summed E-state index contributed by atoms with van der Waals surface area (Å²) in [5, 5.41) is 25.0. The number of primary amides is 1. The summed E-state index contributed by atoms with van der Waals surface area (Å²) in [6.07, 6.45) is 0.319. The fourth-order valence-corrected chi connectivity index (χ4v) is 2.48. The highest BCUT2D eigenvalue weighted by Gasteiger charge is 2.17. The first-order valence-electron chi connectivity index (χ1n) is 8.17. The number of amides is 3. The lowest BCUT2D eigenvalue weighted by atomic mass is 10.1. The van der Waals surface area contributed by atoms with Crippen LogP contribution in [0.5, 0.6) is 5.75 Å². The van der Waals surface area contributed by atoms with Crippen LogP contribution in [-0.2, 0) is 11.5 Å². The van der Waals surface area contributed by atoms with Gasteiger partial charge in [-0.1, -0.05) is 12.1 Å². The first-order valence-corrected chi connectivity index (χ1v) is 8.17. The molecule has 0 atom stereocenters. The number of aromatic amines is 1. The molecule has 9 nitrogen and oxygen atoms in total. The van der Waals surface area contributed by atoms with Gasteiger partial charge in [0.1, 0.15) is 11.6 Å². The van der Waals surface area contributed by atoms with Gasteiger partial charge in [0.15, 0.2) is 11.4 Å². The van der Waals surface area contributed by atoms with Crippen LogP contribution in [0.15, 0.2) is 48.5 Å². The number of hydrogen-bond acceptors (Lipinski definition) is 4. The molecule has 0 spiro atoms. The van der Waals surface area contributed by atoms with E-state index in [9.17, 15) is 14.7 Å². The van der Waals surface area contributed by atoms with Crippen molar-refractivity contribution in [3.63, 3.8) is 0 Å². The fraction of sp³-hybridized carbons (Fsp3) is 0.0526. The number of benzene rings is 2. The Hall–Kier alpha value is -4.32. The van der Waals surface area contributed by atoms with Crippen LogP contribution in [0, 0.1) is 11.3 Å². The van der Waals surface area contributed by atoms with Crippen molar-refractivity contribution in [3.8, 4) is 11.8 Å². The molecule has 3 aromatic rings. The topological polar surface area (TPSA) is 157 Å². The molecule has 9 heteroatoms. The molecule has 1 radical (unpaired) electrons. The molecule has 5 N–H and O–H groups in total. The monoisotopic (exact) mass is 375 g/mol. The SMILES string of the molecule is N#Cc1ccc(NC(=O)Nc2[nH]c(Cc3ccc([O])cc3)nc2C(N)=O)cc1. The highest BCUT2D eigenvalue weighted by atomic mass is 16.3. The number of anilines is 2. The molecule has 139 valence electrons. The summed E-state index contributed by atoms with van der Waals surface area (Å²) in [6, 6.07) is 13.8. The molecule has 0 aliphatic carbocycles. The van der Waals surface area contributed by atoms with E-state index >= 15 is 0 Å². The highest BCUT2D eigenvalue weighted by molar-refractivity contribution is 6.04. The van der Waals surface area contributed by atoms with E-state index in [0.717, 1.165) is 5.56 Å². The van der Waals surface area contributed by atoms with Crippen molar-refractivity contribution in [2.75, 3.05) is 10.6 Å². The lowest BCUT2D eigenvalue weighted by Crippen LogP contribution is -2.22. The number of hydrogen-bond donors (Lipinski definition) is 4. The van der Waals surface area contributed by atoms with Crippen molar-refractivity contribution in [1.82, 2.24) is 9.97 Å². The predicted molar refractivity (Wildman–Crippen MR) is 100 cm³/mol. The van der Waals surface area contributed by atoms with Gasteiger partial charge in [-0.05, 0) is 42.0 Å². The van der Waals surface area contributed by atoms with Gasteiger partial charge in [-0.2, -0.15) is 5.26 Å². The molecule has 1 heterocycles. The third-order valence-electron chi connectivity index (χ3n) is 3.79. The quantitative estimate of drug-likeness (QED) is 0.540. The molecule has 0 saturated carbocycles. The number of nitrogens with zero attached hydrogens (tertiary/aromatic N) is 2. The van der Waals surface area contributed by atoms with E-state index in [-0.39, 0.29) is 17.3 Å². The van der Waals surface area contributed by atoms with Crippen LogP contribution in [-0.4, -0.2) is 21.9 Å². The molecule has 0 saturated heterocycles. The zero-order chi connectivity index (χ0) is 20.1. The Kier molecular flexibility index (Phi) is 5.23. The van der Waals surface area contributed by atoms with Gasteiger partial charge >= 0.3 is 6.03 Å².